The molecule has 0 radical (unpaired) electrons. The number of ether oxygens (including phenoxy) is 1. The summed E-state index contributed by atoms with van der Waals surface area (Å²) in [7, 11) is 0. The number of nitrogens with one attached hydrogen (secondary N) is 1. The van der Waals surface area contributed by atoms with Gasteiger partial charge in [0.1, 0.15) is 5.01 Å². The quantitative estimate of drug-likeness (QED) is 0.901. The van der Waals surface area contributed by atoms with E-state index >= 15 is 0 Å². The third kappa shape index (κ3) is 3.60. The molecule has 1 atom stereocenters. The highest BCUT2D eigenvalue weighted by Crippen LogP contribution is 2.26. The second-order valence-corrected chi connectivity index (χ2v) is 4.69. The van der Waals surface area contributed by atoms with E-state index in [9.17, 15) is 13.2 Å². The van der Waals surface area contributed by atoms with E-state index in [1.807, 2.05) is 12.3 Å². The van der Waals surface area contributed by atoms with Crippen LogP contribution in [0.3, 0.4) is 0 Å². The molecule has 0 saturated heterocycles. The van der Waals surface area contributed by atoms with Crippen LogP contribution in [0.2, 0.25) is 0 Å². The molecule has 0 fully saturated rings. The van der Waals surface area contributed by atoms with Crippen LogP contribution < -0.4 is 10.1 Å². The van der Waals surface area contributed by atoms with Crippen molar-refractivity contribution in [3.05, 3.63) is 40.6 Å². The van der Waals surface area contributed by atoms with Crippen LogP contribution in [0.4, 0.5) is 18.9 Å². The molecule has 0 spiro atoms. The Kier molecular flexibility index (Phi) is 4.26. The Balaban J connectivity index is 2.07. The van der Waals surface area contributed by atoms with Gasteiger partial charge in [-0.05, 0) is 19.1 Å². The van der Waals surface area contributed by atoms with Gasteiger partial charge in [0.05, 0.1) is 6.04 Å². The number of benzene rings is 1. The van der Waals surface area contributed by atoms with Crippen molar-refractivity contribution in [1.82, 2.24) is 4.98 Å². The molecule has 19 heavy (non-hydrogen) atoms. The zero-order chi connectivity index (χ0) is 13.8. The second kappa shape index (κ2) is 5.92. The minimum atomic E-state index is -3.04. The van der Waals surface area contributed by atoms with Crippen LogP contribution >= 0.6 is 11.3 Å². The van der Waals surface area contributed by atoms with Crippen LogP contribution in [0.25, 0.3) is 0 Å². The van der Waals surface area contributed by atoms with Crippen LogP contribution in [0.5, 0.6) is 5.75 Å². The first kappa shape index (κ1) is 13.7. The number of thiazole rings is 1. The van der Waals surface area contributed by atoms with Gasteiger partial charge in [-0.15, -0.1) is 11.3 Å². The summed E-state index contributed by atoms with van der Waals surface area (Å²) in [6, 6.07) is 3.66. The summed E-state index contributed by atoms with van der Waals surface area (Å²) in [6.45, 7) is -1.16. The molecule has 1 unspecified atom stereocenters. The van der Waals surface area contributed by atoms with E-state index < -0.39 is 18.2 Å². The number of anilines is 1. The van der Waals surface area contributed by atoms with Gasteiger partial charge in [-0.25, -0.2) is 9.37 Å². The first-order valence-corrected chi connectivity index (χ1v) is 6.34. The molecular weight excluding hydrogens is 277 g/mol. The lowest BCUT2D eigenvalue weighted by molar-refractivity contribution is -0.0521. The molecule has 2 rings (SSSR count). The molecule has 3 nitrogen and oxygen atoms in total. The minimum absolute atomic E-state index is 0.0960. The lowest BCUT2D eigenvalue weighted by atomic mass is 10.2. The molecule has 7 heteroatoms. The maximum Gasteiger partial charge on any atom is 0.387 e. The summed E-state index contributed by atoms with van der Waals surface area (Å²) in [4.78, 5) is 4.13. The molecular formula is C12H11F3N2OS. The van der Waals surface area contributed by atoms with Gasteiger partial charge in [-0.1, -0.05) is 0 Å². The molecule has 1 N–H and O–H groups in total. The van der Waals surface area contributed by atoms with Crippen LogP contribution in [-0.2, 0) is 0 Å². The van der Waals surface area contributed by atoms with Gasteiger partial charge >= 0.3 is 6.61 Å². The standard InChI is InChI=1S/C12H11F3N2OS/c1-7(11-16-4-5-19-11)17-8-2-3-10(9(13)6-8)18-12(14)15/h2-7,12,17H,1H3. The molecule has 102 valence electrons. The third-order valence-electron chi connectivity index (χ3n) is 2.35. The molecule has 0 saturated carbocycles. The average Bonchev–Trinajstić information content (AvgIpc) is 2.86. The van der Waals surface area contributed by atoms with Gasteiger partial charge in [-0.3, -0.25) is 0 Å². The fourth-order valence-electron chi connectivity index (χ4n) is 1.54. The summed E-state index contributed by atoms with van der Waals surface area (Å²) in [5.74, 6) is -1.31. The topological polar surface area (TPSA) is 34.1 Å². The number of hydrogen-bond acceptors (Lipinski definition) is 4. The monoisotopic (exact) mass is 288 g/mol. The van der Waals surface area contributed by atoms with Crippen molar-refractivity contribution < 1.29 is 17.9 Å². The molecule has 1 heterocycles. The molecule has 0 amide bonds. The normalized spacial score (nSPS) is 12.5. The molecule has 2 aromatic rings. The highest BCUT2D eigenvalue weighted by Gasteiger charge is 2.12. The van der Waals surface area contributed by atoms with E-state index in [1.165, 1.54) is 23.5 Å². The van der Waals surface area contributed by atoms with Crippen LogP contribution in [0.1, 0.15) is 18.0 Å². The number of halogens is 3. The fourth-order valence-corrected chi connectivity index (χ4v) is 2.19. The molecule has 0 aliphatic heterocycles. The minimum Gasteiger partial charge on any atom is -0.432 e. The van der Waals surface area contributed by atoms with Crippen LogP contribution in [0, 0.1) is 5.82 Å². The Morgan fingerprint density at radius 2 is 2.16 bits per heavy atom. The van der Waals surface area contributed by atoms with Crippen molar-refractivity contribution in [2.75, 3.05) is 5.32 Å². The highest BCUT2D eigenvalue weighted by molar-refractivity contribution is 7.09. The lowest BCUT2D eigenvalue weighted by Crippen LogP contribution is -2.07. The van der Waals surface area contributed by atoms with Gasteiger partial charge < -0.3 is 10.1 Å². The Morgan fingerprint density at radius 1 is 1.37 bits per heavy atom. The van der Waals surface area contributed by atoms with Gasteiger partial charge in [0.2, 0.25) is 0 Å². The highest BCUT2D eigenvalue weighted by atomic mass is 32.1. The predicted molar refractivity (Wildman–Crippen MR) is 67.2 cm³/mol. The van der Waals surface area contributed by atoms with E-state index in [0.717, 1.165) is 11.1 Å². The molecule has 0 bridgehead atoms. The number of aromatic nitrogens is 1. The van der Waals surface area contributed by atoms with Crippen molar-refractivity contribution in [2.45, 2.75) is 19.6 Å². The van der Waals surface area contributed by atoms with E-state index in [4.69, 9.17) is 0 Å². The smallest absolute Gasteiger partial charge is 0.387 e. The molecule has 0 aliphatic carbocycles. The summed E-state index contributed by atoms with van der Waals surface area (Å²) < 4.78 is 41.5. The summed E-state index contributed by atoms with van der Waals surface area (Å²) >= 11 is 1.47. The van der Waals surface area contributed by atoms with E-state index in [1.54, 1.807) is 6.20 Å². The lowest BCUT2D eigenvalue weighted by Gasteiger charge is -2.13. The van der Waals surface area contributed by atoms with Crippen molar-refractivity contribution in [3.8, 4) is 5.75 Å². The molecule has 1 aromatic heterocycles. The fraction of sp³-hybridized carbons (Fsp3) is 0.250. The van der Waals surface area contributed by atoms with Gasteiger partial charge in [0, 0.05) is 23.3 Å². The largest absolute Gasteiger partial charge is 0.432 e. The van der Waals surface area contributed by atoms with Crippen LogP contribution in [-0.4, -0.2) is 11.6 Å². The van der Waals surface area contributed by atoms with E-state index in [0.29, 0.717) is 5.69 Å². The summed E-state index contributed by atoms with van der Waals surface area (Å²) in [5.41, 5.74) is 0.474. The Hall–Kier alpha value is -1.76. The van der Waals surface area contributed by atoms with Crippen molar-refractivity contribution in [1.29, 1.82) is 0 Å². The Bertz CT molecular complexity index is 534. The Labute approximate surface area is 112 Å². The van der Waals surface area contributed by atoms with Crippen molar-refractivity contribution >= 4 is 17.0 Å². The number of hydrogen-bond donors (Lipinski definition) is 1. The molecule has 0 aliphatic rings. The van der Waals surface area contributed by atoms with Crippen LogP contribution in [0.15, 0.2) is 29.8 Å². The van der Waals surface area contributed by atoms with Gasteiger partial charge in [0.15, 0.2) is 11.6 Å². The second-order valence-electron chi connectivity index (χ2n) is 3.76. The van der Waals surface area contributed by atoms with Gasteiger partial charge in [0.25, 0.3) is 0 Å². The van der Waals surface area contributed by atoms with E-state index in [-0.39, 0.29) is 6.04 Å². The number of nitrogens with zero attached hydrogens (tertiary/aromatic N) is 1. The zero-order valence-electron chi connectivity index (χ0n) is 9.94. The average molecular weight is 288 g/mol. The SMILES string of the molecule is CC(Nc1ccc(OC(F)F)c(F)c1)c1nccs1. The maximum atomic E-state index is 13.5. The maximum absolute atomic E-state index is 13.5. The first-order valence-electron chi connectivity index (χ1n) is 5.46. The number of rotatable bonds is 5. The number of alkyl halides is 2. The predicted octanol–water partition coefficient (Wildman–Crippen LogP) is 4.06. The molecule has 1 aromatic carbocycles. The third-order valence-corrected chi connectivity index (χ3v) is 3.31. The Morgan fingerprint density at radius 3 is 2.74 bits per heavy atom. The van der Waals surface area contributed by atoms with Crippen molar-refractivity contribution in [3.63, 3.8) is 0 Å². The summed E-state index contributed by atoms with van der Waals surface area (Å²) in [5, 5.41) is 5.73. The first-order chi connectivity index (χ1) is 9.06. The summed E-state index contributed by atoms with van der Waals surface area (Å²) in [6.07, 6.45) is 1.68. The zero-order valence-corrected chi connectivity index (χ0v) is 10.8. The van der Waals surface area contributed by atoms with E-state index in [2.05, 4.69) is 15.0 Å². The van der Waals surface area contributed by atoms with Crippen molar-refractivity contribution in [2.24, 2.45) is 0 Å². The van der Waals surface area contributed by atoms with Gasteiger partial charge in [-0.2, -0.15) is 8.78 Å².